The third-order valence-corrected chi connectivity index (χ3v) is 16.2. The first-order valence-corrected chi connectivity index (χ1v) is 23.8. The number of carbonyl (C=O) groups excluding carboxylic acids is 1. The lowest BCUT2D eigenvalue weighted by molar-refractivity contribution is 0.0664. The van der Waals surface area contributed by atoms with Crippen LogP contribution in [0.25, 0.3) is 28.1 Å². The molecule has 17 heteroatoms. The van der Waals surface area contributed by atoms with E-state index < -0.39 is 21.3 Å². The van der Waals surface area contributed by atoms with Gasteiger partial charge in [-0.15, -0.1) is 0 Å². The van der Waals surface area contributed by atoms with Gasteiger partial charge < -0.3 is 14.2 Å². The number of aromatic nitrogens is 7. The van der Waals surface area contributed by atoms with Gasteiger partial charge in [0, 0.05) is 84.3 Å². The van der Waals surface area contributed by atoms with Gasteiger partial charge in [0.25, 0.3) is 5.91 Å². The minimum atomic E-state index is -2.57. The average molecular weight is 890 g/mol. The Morgan fingerprint density at radius 1 is 1.00 bits per heavy atom. The Balaban J connectivity index is 1.10. The maximum atomic E-state index is 15.4. The van der Waals surface area contributed by atoms with E-state index in [1.165, 1.54) is 14.7 Å². The maximum Gasteiger partial charge on any atom is 0.338 e. The molecule has 1 aliphatic carbocycles. The van der Waals surface area contributed by atoms with Crippen LogP contribution in [0.3, 0.4) is 0 Å². The van der Waals surface area contributed by atoms with E-state index in [0.29, 0.717) is 101 Å². The van der Waals surface area contributed by atoms with Crippen molar-refractivity contribution in [1.29, 1.82) is 0 Å². The highest BCUT2D eigenvalue weighted by Crippen LogP contribution is 2.51. The predicted octanol–water partition coefficient (Wildman–Crippen LogP) is 7.34. The Labute approximate surface area is 367 Å². The van der Waals surface area contributed by atoms with Crippen molar-refractivity contribution in [2.75, 3.05) is 32.6 Å². The van der Waals surface area contributed by atoms with Gasteiger partial charge in [-0.05, 0) is 124 Å². The molecule has 3 aliphatic rings. The second-order valence-corrected chi connectivity index (χ2v) is 20.3. The standard InChI is InChI=1S/C46H48FN9O5S2/c1-6-63(60,48-5)35-10-8-33(9-11-35)53-19-20-54(45(53)59)41-39-29(4)52(18-13-36(39)50-56(41)34-23-27(2)40(47)28(3)24-34)42(57)38-26-32-25-31(30-14-21-61-22-15-30)7-12-37(32)55(38)46(16-17-46)43-49-44(58)62-51-43/h7-12,19-20,23-26,29-30H,6,13-18,21-22H2,1-5H3,(H,49,51,58)/t29-,63?/m0/s1. The summed E-state index contributed by atoms with van der Waals surface area (Å²) in [4.78, 5) is 47.6. The highest BCUT2D eigenvalue weighted by Gasteiger charge is 2.52. The smallest absolute Gasteiger partial charge is 0.338 e. The molecule has 6 heterocycles. The van der Waals surface area contributed by atoms with E-state index in [9.17, 15) is 13.8 Å². The molecule has 10 rings (SSSR count). The highest BCUT2D eigenvalue weighted by molar-refractivity contribution is 7.93. The molecule has 2 fully saturated rings. The minimum absolute atomic E-state index is 0.194. The zero-order valence-electron chi connectivity index (χ0n) is 35.8. The summed E-state index contributed by atoms with van der Waals surface area (Å²) in [6, 6.07) is 18.3. The summed E-state index contributed by atoms with van der Waals surface area (Å²) in [5.41, 5.74) is 4.96. The topological polar surface area (TPSA) is 154 Å². The van der Waals surface area contributed by atoms with Crippen LogP contribution >= 0.6 is 11.5 Å². The zero-order chi connectivity index (χ0) is 43.9. The fourth-order valence-corrected chi connectivity index (χ4v) is 11.6. The second-order valence-electron chi connectivity index (χ2n) is 16.9. The number of rotatable bonds is 9. The highest BCUT2D eigenvalue weighted by atomic mass is 32.2. The van der Waals surface area contributed by atoms with Crippen LogP contribution in [-0.4, -0.2) is 80.4 Å². The van der Waals surface area contributed by atoms with Crippen LogP contribution in [0, 0.1) is 19.7 Å². The third kappa shape index (κ3) is 6.65. The van der Waals surface area contributed by atoms with E-state index in [-0.39, 0.29) is 22.3 Å². The van der Waals surface area contributed by atoms with Crippen LogP contribution in [0.2, 0.25) is 0 Å². The zero-order valence-corrected chi connectivity index (χ0v) is 37.4. The molecule has 63 heavy (non-hydrogen) atoms. The van der Waals surface area contributed by atoms with Crippen molar-refractivity contribution in [2.45, 2.75) is 82.2 Å². The molecule has 0 bridgehead atoms. The van der Waals surface area contributed by atoms with E-state index in [2.05, 4.69) is 36.5 Å². The quantitative estimate of drug-likeness (QED) is 0.159. The molecule has 1 amide bonds. The van der Waals surface area contributed by atoms with Gasteiger partial charge in [0.1, 0.15) is 28.7 Å². The average Bonchev–Trinajstić information content (AvgIpc) is 3.58. The monoisotopic (exact) mass is 889 g/mol. The van der Waals surface area contributed by atoms with E-state index in [0.717, 1.165) is 41.0 Å². The van der Waals surface area contributed by atoms with Crippen molar-refractivity contribution in [3.05, 3.63) is 138 Å². The Morgan fingerprint density at radius 3 is 2.37 bits per heavy atom. The molecular formula is C46H48FN9O5S2. The molecule has 1 saturated carbocycles. The molecule has 7 aromatic rings. The van der Waals surface area contributed by atoms with Crippen LogP contribution < -0.4 is 10.6 Å². The van der Waals surface area contributed by atoms with Crippen molar-refractivity contribution >= 4 is 38.1 Å². The molecule has 2 atom stereocenters. The summed E-state index contributed by atoms with van der Waals surface area (Å²) >= 11 is 0.880. The number of halogens is 1. The lowest BCUT2D eigenvalue weighted by Crippen LogP contribution is -2.41. The van der Waals surface area contributed by atoms with Gasteiger partial charge in [-0.1, -0.05) is 13.0 Å². The van der Waals surface area contributed by atoms with Crippen molar-refractivity contribution in [1.82, 2.24) is 37.7 Å². The fourth-order valence-electron chi connectivity index (χ4n) is 9.74. The summed E-state index contributed by atoms with van der Waals surface area (Å²) in [7, 11) is -1.03. The number of benzene rings is 3. The number of H-pyrrole nitrogens is 1. The van der Waals surface area contributed by atoms with E-state index in [1.54, 1.807) is 74.4 Å². The summed E-state index contributed by atoms with van der Waals surface area (Å²) in [5.74, 6) is 1.20. The number of aromatic amines is 1. The number of fused-ring (bicyclic) bond motifs is 2. The normalized spacial score (nSPS) is 18.4. The Bertz CT molecular complexity index is 3180. The first-order valence-electron chi connectivity index (χ1n) is 21.4. The SMILES string of the molecule is CCS(=O)(=NC)c1ccc(-n2ccn(-c3c4c(nn3-c3cc(C)c(F)c(C)c3)CCN(C(=O)c3cc5cc(C6CCOCC6)ccc5n3C3(c5nsc(=O)[nH]5)CC3)[C@H]4C)c2=O)cc1. The number of hydrogen-bond acceptors (Lipinski definition) is 9. The number of imidazole rings is 1. The molecule has 14 nitrogen and oxygen atoms in total. The first kappa shape index (κ1) is 41.1. The molecule has 326 valence electrons. The lowest BCUT2D eigenvalue weighted by Gasteiger charge is -2.34. The fraction of sp³-hybridized carbons (Fsp3) is 0.370. The van der Waals surface area contributed by atoms with E-state index >= 15 is 9.18 Å². The summed E-state index contributed by atoms with van der Waals surface area (Å²) in [6.07, 6.45) is 7.03. The lowest BCUT2D eigenvalue weighted by atomic mass is 9.91. The number of carbonyl (C=O) groups is 1. The van der Waals surface area contributed by atoms with Crippen molar-refractivity contribution < 1.29 is 18.1 Å². The minimum Gasteiger partial charge on any atom is -0.381 e. The molecule has 0 spiro atoms. The maximum absolute atomic E-state index is 15.4. The Morgan fingerprint density at radius 2 is 1.71 bits per heavy atom. The summed E-state index contributed by atoms with van der Waals surface area (Å²) in [6.45, 7) is 8.97. The first-order chi connectivity index (χ1) is 30.4. The number of nitrogens with zero attached hydrogens (tertiary/aromatic N) is 8. The third-order valence-electron chi connectivity index (χ3n) is 13.3. The van der Waals surface area contributed by atoms with Crippen LogP contribution in [0.5, 0.6) is 0 Å². The molecule has 1 N–H and O–H groups in total. The van der Waals surface area contributed by atoms with Gasteiger partial charge in [-0.2, -0.15) is 9.47 Å². The largest absolute Gasteiger partial charge is 0.381 e. The van der Waals surface area contributed by atoms with E-state index in [1.807, 2.05) is 24.8 Å². The van der Waals surface area contributed by atoms with Gasteiger partial charge in [-0.3, -0.25) is 23.7 Å². The molecular weight excluding hydrogens is 842 g/mol. The predicted molar refractivity (Wildman–Crippen MR) is 240 cm³/mol. The molecule has 2 aliphatic heterocycles. The van der Waals surface area contributed by atoms with Gasteiger partial charge in [0.2, 0.25) is 0 Å². The van der Waals surface area contributed by atoms with Crippen LogP contribution in [0.1, 0.15) is 95.8 Å². The number of hydrogen-bond donors (Lipinski definition) is 1. The summed E-state index contributed by atoms with van der Waals surface area (Å²) in [5, 5.41) is 6.03. The van der Waals surface area contributed by atoms with Gasteiger partial charge >= 0.3 is 10.6 Å². The van der Waals surface area contributed by atoms with Crippen molar-refractivity contribution in [3.63, 3.8) is 0 Å². The number of ether oxygens (including phenoxy) is 1. The number of aryl methyl sites for hydroxylation is 2. The van der Waals surface area contributed by atoms with Crippen LogP contribution in [0.4, 0.5) is 4.39 Å². The summed E-state index contributed by atoms with van der Waals surface area (Å²) < 4.78 is 49.5. The Kier molecular flexibility index (Phi) is 10.1. The molecule has 1 saturated heterocycles. The molecule has 4 aromatic heterocycles. The van der Waals surface area contributed by atoms with Gasteiger partial charge in [-0.25, -0.2) is 22.4 Å². The Hall–Kier alpha value is -5.91. The number of nitrogens with one attached hydrogen (secondary N) is 1. The van der Waals surface area contributed by atoms with Crippen molar-refractivity contribution in [2.24, 2.45) is 4.36 Å². The van der Waals surface area contributed by atoms with E-state index in [4.69, 9.17) is 9.84 Å². The molecule has 3 aromatic carbocycles. The van der Waals surface area contributed by atoms with Gasteiger partial charge in [0.15, 0.2) is 0 Å². The van der Waals surface area contributed by atoms with Crippen LogP contribution in [-0.2, 0) is 26.4 Å². The van der Waals surface area contributed by atoms with Crippen LogP contribution in [0.15, 0.2) is 91.9 Å². The second kappa shape index (κ2) is 15.4. The molecule has 1 unspecified atom stereocenters. The van der Waals surface area contributed by atoms with Gasteiger partial charge in [0.05, 0.1) is 32.8 Å². The van der Waals surface area contributed by atoms with Crippen molar-refractivity contribution in [3.8, 4) is 17.2 Å². The molecule has 0 radical (unpaired) electrons. The number of amides is 1.